The topological polar surface area (TPSA) is 88.2 Å². The fourth-order valence-corrected chi connectivity index (χ4v) is 4.91. The molecular formula is C25H23B4N3O5. The third-order valence-electron chi connectivity index (χ3n) is 7.06. The van der Waals surface area contributed by atoms with Crippen molar-refractivity contribution in [2.45, 2.75) is 55.9 Å². The van der Waals surface area contributed by atoms with Crippen LogP contribution in [0.5, 0.6) is 5.75 Å². The van der Waals surface area contributed by atoms with Crippen LogP contribution < -0.4 is 10.1 Å². The average Bonchev–Trinajstić information content (AvgIpc) is 3.19. The van der Waals surface area contributed by atoms with E-state index in [1.165, 1.54) is 4.90 Å². The highest BCUT2D eigenvalue weighted by Crippen LogP contribution is 2.34. The van der Waals surface area contributed by atoms with Gasteiger partial charge in [-0.1, -0.05) is 30.3 Å². The average molecular weight is 489 g/mol. The number of amides is 3. The minimum Gasteiger partial charge on any atom is -0.489 e. The first-order valence-electron chi connectivity index (χ1n) is 12.1. The first-order chi connectivity index (χ1) is 17.6. The number of imide groups is 1. The van der Waals surface area contributed by atoms with Crippen LogP contribution in [-0.4, -0.2) is 88.8 Å². The van der Waals surface area contributed by atoms with Gasteiger partial charge >= 0.3 is 0 Å². The number of carbonyl (C=O) groups is 3. The first-order valence-corrected chi connectivity index (χ1v) is 12.1. The van der Waals surface area contributed by atoms with E-state index in [0.29, 0.717) is 30.8 Å². The number of rotatable bonds is 6. The molecule has 3 amide bonds. The summed E-state index contributed by atoms with van der Waals surface area (Å²) in [6, 6.07) is 10.9. The van der Waals surface area contributed by atoms with Crippen LogP contribution in [0, 0.1) is 0 Å². The lowest BCUT2D eigenvalue weighted by Gasteiger charge is -2.51. The van der Waals surface area contributed by atoms with E-state index in [9.17, 15) is 14.4 Å². The molecule has 0 aromatic heterocycles. The summed E-state index contributed by atoms with van der Waals surface area (Å²) >= 11 is 0. The second kappa shape index (κ2) is 10.1. The second-order valence-electron chi connectivity index (χ2n) is 9.65. The molecule has 2 aromatic carbocycles. The predicted molar refractivity (Wildman–Crippen MR) is 138 cm³/mol. The van der Waals surface area contributed by atoms with Crippen LogP contribution in [0.3, 0.4) is 0 Å². The van der Waals surface area contributed by atoms with E-state index < -0.39 is 29.3 Å². The van der Waals surface area contributed by atoms with Gasteiger partial charge in [-0.2, -0.15) is 0 Å². The van der Waals surface area contributed by atoms with Gasteiger partial charge in [0, 0.05) is 42.6 Å². The largest absolute Gasteiger partial charge is 0.489 e. The van der Waals surface area contributed by atoms with E-state index in [2.05, 4.69) is 5.32 Å². The highest BCUT2D eigenvalue weighted by Gasteiger charge is 2.40. The number of benzene rings is 2. The van der Waals surface area contributed by atoms with Gasteiger partial charge in [-0.05, 0) is 35.0 Å². The van der Waals surface area contributed by atoms with Gasteiger partial charge in [-0.15, -0.1) is 0 Å². The Morgan fingerprint density at radius 3 is 2.51 bits per heavy atom. The van der Waals surface area contributed by atoms with Gasteiger partial charge in [-0.3, -0.25) is 19.7 Å². The maximum Gasteiger partial charge on any atom is 0.255 e. The van der Waals surface area contributed by atoms with Crippen molar-refractivity contribution in [2.75, 3.05) is 6.54 Å². The van der Waals surface area contributed by atoms with Gasteiger partial charge in [0.2, 0.25) is 11.8 Å². The van der Waals surface area contributed by atoms with Gasteiger partial charge in [0.15, 0.2) is 0 Å². The first kappa shape index (κ1) is 25.7. The van der Waals surface area contributed by atoms with E-state index in [1.54, 1.807) is 23.1 Å². The van der Waals surface area contributed by atoms with E-state index in [0.717, 1.165) is 16.7 Å². The number of nitrogens with zero attached hydrogens (tertiary/aromatic N) is 2. The second-order valence-corrected chi connectivity index (χ2v) is 9.65. The summed E-state index contributed by atoms with van der Waals surface area (Å²) in [5, 5.41) is 0.973. The molecular weight excluding hydrogens is 466 g/mol. The number of morpholine rings is 1. The molecule has 2 fully saturated rings. The Labute approximate surface area is 221 Å². The lowest BCUT2D eigenvalue weighted by atomic mass is 9.52. The van der Waals surface area contributed by atoms with Crippen molar-refractivity contribution in [3.63, 3.8) is 0 Å². The highest BCUT2D eigenvalue weighted by atomic mass is 16.5. The molecule has 3 aliphatic rings. The van der Waals surface area contributed by atoms with Crippen LogP contribution in [0.15, 0.2) is 42.5 Å². The summed E-state index contributed by atoms with van der Waals surface area (Å²) in [4.78, 5) is 40.1. The molecule has 2 saturated heterocycles. The minimum absolute atomic E-state index is 0.207. The Kier molecular flexibility index (Phi) is 6.98. The van der Waals surface area contributed by atoms with Gasteiger partial charge in [0.1, 0.15) is 34.1 Å². The quantitative estimate of drug-likeness (QED) is 0.449. The van der Waals surface area contributed by atoms with Crippen LogP contribution >= 0.6 is 0 Å². The summed E-state index contributed by atoms with van der Waals surface area (Å²) in [7, 11) is 24.1. The summed E-state index contributed by atoms with van der Waals surface area (Å²) in [5.41, 5.74) is 3.13. The van der Waals surface area contributed by atoms with E-state index in [-0.39, 0.29) is 31.4 Å². The molecule has 180 valence electrons. The number of hydrogen-bond donors (Lipinski definition) is 1. The molecule has 3 atom stereocenters. The van der Waals surface area contributed by atoms with Gasteiger partial charge in [0.05, 0.1) is 22.2 Å². The Morgan fingerprint density at radius 1 is 1.05 bits per heavy atom. The third kappa shape index (κ3) is 5.09. The predicted octanol–water partition coefficient (Wildman–Crippen LogP) is -0.161. The molecule has 8 nitrogen and oxygen atoms in total. The van der Waals surface area contributed by atoms with Crippen LogP contribution in [0.25, 0.3) is 0 Å². The summed E-state index contributed by atoms with van der Waals surface area (Å²) < 4.78 is 11.4. The Bertz CT molecular complexity index is 1230. The summed E-state index contributed by atoms with van der Waals surface area (Å²) in [6.07, 6.45) is 0.517. The monoisotopic (exact) mass is 489 g/mol. The Hall–Kier alpha value is -2.97. The highest BCUT2D eigenvalue weighted by molar-refractivity contribution is 6.44. The zero-order valence-corrected chi connectivity index (χ0v) is 20.3. The molecule has 8 radical (unpaired) electrons. The molecule has 3 heterocycles. The molecule has 12 heteroatoms. The number of ether oxygens (including phenoxy) is 2. The number of nitrogens with one attached hydrogen (secondary N) is 1. The Balaban J connectivity index is 1.23. The van der Waals surface area contributed by atoms with Gasteiger partial charge in [0.25, 0.3) is 5.91 Å². The third-order valence-corrected chi connectivity index (χ3v) is 7.06. The zero-order valence-electron chi connectivity index (χ0n) is 20.3. The fraction of sp³-hybridized carbons (Fsp3) is 0.400. The number of hydrogen-bond acceptors (Lipinski definition) is 6. The van der Waals surface area contributed by atoms with Crippen LogP contribution in [0.2, 0.25) is 0 Å². The summed E-state index contributed by atoms with van der Waals surface area (Å²) in [5.74, 6) is -0.416. The normalized spacial score (nSPS) is 25.6. The van der Waals surface area contributed by atoms with Crippen molar-refractivity contribution in [1.29, 1.82) is 0 Å². The van der Waals surface area contributed by atoms with Crippen molar-refractivity contribution in [3.8, 4) is 5.75 Å². The molecule has 5 rings (SSSR count). The van der Waals surface area contributed by atoms with Crippen LogP contribution in [0.4, 0.5) is 0 Å². The molecule has 3 aliphatic heterocycles. The Morgan fingerprint density at radius 2 is 1.78 bits per heavy atom. The van der Waals surface area contributed by atoms with Gasteiger partial charge in [-0.25, -0.2) is 0 Å². The zero-order chi connectivity index (χ0) is 26.3. The molecule has 0 aliphatic carbocycles. The molecule has 37 heavy (non-hydrogen) atoms. The van der Waals surface area contributed by atoms with Crippen molar-refractivity contribution < 1.29 is 23.9 Å². The van der Waals surface area contributed by atoms with Crippen molar-refractivity contribution in [3.05, 3.63) is 64.7 Å². The number of piperidine rings is 1. The fourth-order valence-electron chi connectivity index (χ4n) is 4.91. The molecule has 0 spiro atoms. The minimum atomic E-state index is -1.34. The molecule has 3 unspecified atom stereocenters. The SMILES string of the molecule is [B]C1CN(Cc2ccc(COc3cccc4c3CN(C3CCC(=O)NC3=O)C4=O)cc2)C([B])([B])C([B])O1. The van der Waals surface area contributed by atoms with Crippen LogP contribution in [-0.2, 0) is 34.0 Å². The standard InChI is InChI=1S/C25H23B4N3O5/c26-20-12-31(25(28,29)24(27)37-20)10-14-4-6-15(7-5-14)13-36-19-3-1-2-16-17(19)11-32(23(16)35)18-8-9-21(33)30-22(18)34/h1-7,18,20,24H,8-13H2,(H,30,33,34). The molecule has 0 saturated carbocycles. The van der Waals surface area contributed by atoms with Crippen LogP contribution in [0.1, 0.15) is 39.9 Å². The lowest BCUT2D eigenvalue weighted by Crippen LogP contribution is -2.65. The number of carbonyl (C=O) groups excluding carboxylic acids is 3. The van der Waals surface area contributed by atoms with Crippen molar-refractivity contribution in [1.82, 2.24) is 15.1 Å². The summed E-state index contributed by atoms with van der Waals surface area (Å²) in [6.45, 7) is 1.33. The van der Waals surface area contributed by atoms with Gasteiger partial charge < -0.3 is 19.3 Å². The van der Waals surface area contributed by atoms with E-state index >= 15 is 0 Å². The maximum absolute atomic E-state index is 13.0. The van der Waals surface area contributed by atoms with Crippen molar-refractivity contribution in [2.24, 2.45) is 0 Å². The molecule has 1 N–H and O–H groups in total. The van der Waals surface area contributed by atoms with Crippen molar-refractivity contribution >= 4 is 49.1 Å². The van der Waals surface area contributed by atoms with E-state index in [4.69, 9.17) is 40.9 Å². The molecule has 0 bridgehead atoms. The number of fused-ring (bicyclic) bond motifs is 1. The molecule has 2 aromatic rings. The van der Waals surface area contributed by atoms with E-state index in [1.807, 2.05) is 24.3 Å². The maximum atomic E-state index is 13.0. The smallest absolute Gasteiger partial charge is 0.255 e. The lowest BCUT2D eigenvalue weighted by molar-refractivity contribution is -0.136.